The van der Waals surface area contributed by atoms with Gasteiger partial charge < -0.3 is 10.2 Å². The van der Waals surface area contributed by atoms with Crippen LogP contribution in [0.15, 0.2) is 18.2 Å². The number of carbonyl (C=O) groups excluding carboxylic acids is 1. The molecule has 21 heavy (non-hydrogen) atoms. The Bertz CT molecular complexity index is 476. The fourth-order valence-electron chi connectivity index (χ4n) is 2.49. The third-order valence-corrected chi connectivity index (χ3v) is 4.44. The van der Waals surface area contributed by atoms with Gasteiger partial charge in [0.1, 0.15) is 0 Å². The number of nitrogens with one attached hydrogen (secondary N) is 1. The van der Waals surface area contributed by atoms with Crippen molar-refractivity contribution in [3.63, 3.8) is 0 Å². The van der Waals surface area contributed by atoms with E-state index in [1.807, 2.05) is 19.2 Å². The third kappa shape index (κ3) is 5.67. The molecule has 1 heterocycles. The molecule has 1 atom stereocenters. The van der Waals surface area contributed by atoms with Crippen LogP contribution in [0, 0.1) is 0 Å². The summed E-state index contributed by atoms with van der Waals surface area (Å²) in [6, 6.07) is 5.99. The largest absolute Gasteiger partial charge is 0.341 e. The van der Waals surface area contributed by atoms with Crippen molar-refractivity contribution in [2.24, 2.45) is 0 Å². The van der Waals surface area contributed by atoms with E-state index in [0.29, 0.717) is 29.1 Å². The monoisotopic (exact) mass is 350 g/mol. The highest BCUT2D eigenvalue weighted by Crippen LogP contribution is 2.23. The lowest BCUT2D eigenvalue weighted by Gasteiger charge is -2.19. The first-order valence-electron chi connectivity index (χ1n) is 6.97. The maximum absolute atomic E-state index is 12.1. The van der Waals surface area contributed by atoms with E-state index in [1.54, 1.807) is 11.0 Å². The summed E-state index contributed by atoms with van der Waals surface area (Å²) in [5.41, 5.74) is 0.995. The Morgan fingerprint density at radius 1 is 1.38 bits per heavy atom. The highest BCUT2D eigenvalue weighted by atomic mass is 35.5. The molecule has 0 radical (unpaired) electrons. The van der Waals surface area contributed by atoms with Gasteiger partial charge in [-0.1, -0.05) is 29.3 Å². The molecule has 0 aromatic heterocycles. The quantitative estimate of drug-likeness (QED) is 0.872. The maximum atomic E-state index is 12.1. The van der Waals surface area contributed by atoms with Crippen LogP contribution in [0.4, 0.5) is 0 Å². The summed E-state index contributed by atoms with van der Waals surface area (Å²) in [7, 11) is 1.83. The highest BCUT2D eigenvalue weighted by molar-refractivity contribution is 6.42. The number of halogens is 3. The second kappa shape index (κ2) is 8.84. The first-order valence-corrected chi connectivity index (χ1v) is 7.73. The van der Waals surface area contributed by atoms with Crippen molar-refractivity contribution in [2.45, 2.75) is 38.3 Å². The van der Waals surface area contributed by atoms with Gasteiger partial charge >= 0.3 is 0 Å². The minimum absolute atomic E-state index is 0. The minimum Gasteiger partial charge on any atom is -0.341 e. The Balaban J connectivity index is 0.00000220. The molecule has 3 nitrogen and oxygen atoms in total. The third-order valence-electron chi connectivity index (χ3n) is 3.70. The van der Waals surface area contributed by atoms with E-state index in [1.165, 1.54) is 12.8 Å². The molecule has 0 aliphatic carbocycles. The summed E-state index contributed by atoms with van der Waals surface area (Å²) < 4.78 is 0. The molecule has 1 aromatic carbocycles. The topological polar surface area (TPSA) is 32.3 Å². The summed E-state index contributed by atoms with van der Waals surface area (Å²) in [4.78, 5) is 13.8. The van der Waals surface area contributed by atoms with Crippen molar-refractivity contribution in [3.05, 3.63) is 33.8 Å². The van der Waals surface area contributed by atoms with Crippen LogP contribution in [0.25, 0.3) is 0 Å². The molecule has 6 heteroatoms. The first-order chi connectivity index (χ1) is 9.56. The molecule has 1 saturated heterocycles. The number of amides is 1. The summed E-state index contributed by atoms with van der Waals surface area (Å²) in [6.45, 7) is 1.64. The van der Waals surface area contributed by atoms with Crippen LogP contribution in [0.1, 0.15) is 31.2 Å². The number of hydrogen-bond donors (Lipinski definition) is 1. The van der Waals surface area contributed by atoms with Gasteiger partial charge in [0, 0.05) is 26.1 Å². The van der Waals surface area contributed by atoms with E-state index in [0.717, 1.165) is 18.5 Å². The van der Waals surface area contributed by atoms with Gasteiger partial charge in [0.05, 0.1) is 10.0 Å². The predicted molar refractivity (Wildman–Crippen MR) is 90.4 cm³/mol. The smallest absolute Gasteiger partial charge is 0.222 e. The summed E-state index contributed by atoms with van der Waals surface area (Å²) in [5.74, 6) is 0.171. The Morgan fingerprint density at radius 3 is 2.76 bits per heavy atom. The molecule has 1 aliphatic heterocycles. The Labute approximate surface area is 142 Å². The Kier molecular flexibility index (Phi) is 7.82. The highest BCUT2D eigenvalue weighted by Gasteiger charge is 2.17. The van der Waals surface area contributed by atoms with Gasteiger partial charge in [0.25, 0.3) is 0 Å². The lowest BCUT2D eigenvalue weighted by molar-refractivity contribution is -0.130. The van der Waals surface area contributed by atoms with Crippen molar-refractivity contribution in [3.8, 4) is 0 Å². The molecule has 1 fully saturated rings. The number of benzene rings is 1. The van der Waals surface area contributed by atoms with Gasteiger partial charge in [-0.2, -0.15) is 0 Å². The molecule has 1 aromatic rings. The Morgan fingerprint density at radius 2 is 2.14 bits per heavy atom. The zero-order valence-electron chi connectivity index (χ0n) is 12.1. The average molecular weight is 352 g/mol. The van der Waals surface area contributed by atoms with Crippen molar-refractivity contribution in [2.75, 3.05) is 13.6 Å². The molecule has 118 valence electrons. The molecule has 0 saturated carbocycles. The van der Waals surface area contributed by atoms with Gasteiger partial charge in [-0.3, -0.25) is 4.79 Å². The van der Waals surface area contributed by atoms with Crippen molar-refractivity contribution in [1.82, 2.24) is 10.2 Å². The lowest BCUT2D eigenvalue weighted by Crippen LogP contribution is -2.29. The second-order valence-electron chi connectivity index (χ2n) is 5.33. The molecule has 0 spiro atoms. The van der Waals surface area contributed by atoms with Gasteiger partial charge in [-0.25, -0.2) is 0 Å². The van der Waals surface area contributed by atoms with Crippen molar-refractivity contribution in [1.29, 1.82) is 0 Å². The zero-order chi connectivity index (χ0) is 14.5. The van der Waals surface area contributed by atoms with E-state index in [4.69, 9.17) is 23.2 Å². The molecule has 1 amide bonds. The van der Waals surface area contributed by atoms with E-state index < -0.39 is 0 Å². The first kappa shape index (κ1) is 18.6. The number of nitrogens with zero attached hydrogens (tertiary/aromatic N) is 1. The fraction of sp³-hybridized carbons (Fsp3) is 0.533. The number of rotatable bonds is 5. The second-order valence-corrected chi connectivity index (χ2v) is 6.14. The van der Waals surface area contributed by atoms with Crippen LogP contribution in [0.3, 0.4) is 0 Å². The van der Waals surface area contributed by atoms with Crippen LogP contribution >= 0.6 is 35.6 Å². The summed E-state index contributed by atoms with van der Waals surface area (Å²) in [5, 5.41) is 4.48. The van der Waals surface area contributed by atoms with Gasteiger partial charge in [-0.15, -0.1) is 12.4 Å². The summed E-state index contributed by atoms with van der Waals surface area (Å²) >= 11 is 11.9. The summed E-state index contributed by atoms with van der Waals surface area (Å²) in [6.07, 6.45) is 3.92. The van der Waals surface area contributed by atoms with Crippen LogP contribution in [0.5, 0.6) is 0 Å². The van der Waals surface area contributed by atoms with Crippen molar-refractivity contribution < 1.29 is 4.79 Å². The normalized spacial score (nSPS) is 17.4. The molecular formula is C15H21Cl3N2O. The SMILES string of the molecule is CN(Cc1ccc(Cl)c(Cl)c1)C(=O)CCC1CCCN1.Cl. The number of hydrogen-bond acceptors (Lipinski definition) is 2. The number of carbonyl (C=O) groups is 1. The van der Waals surface area contributed by atoms with Crippen LogP contribution < -0.4 is 5.32 Å². The standard InChI is InChI=1S/C15H20Cl2N2O.ClH/c1-19(10-11-4-6-13(16)14(17)9-11)15(20)7-5-12-3-2-8-18-12;/h4,6,9,12,18H,2-3,5,7-8,10H2,1H3;1H. The molecule has 1 aliphatic rings. The van der Waals surface area contributed by atoms with Crippen LogP contribution in [0.2, 0.25) is 10.0 Å². The van der Waals surface area contributed by atoms with Gasteiger partial charge in [0.15, 0.2) is 0 Å². The van der Waals surface area contributed by atoms with E-state index in [9.17, 15) is 4.79 Å². The molecule has 0 bridgehead atoms. The van der Waals surface area contributed by atoms with Crippen molar-refractivity contribution >= 4 is 41.5 Å². The van der Waals surface area contributed by atoms with Gasteiger partial charge in [-0.05, 0) is 43.5 Å². The predicted octanol–water partition coefficient (Wildman–Crippen LogP) is 3.91. The Hall–Kier alpha value is -0.480. The van der Waals surface area contributed by atoms with E-state index in [-0.39, 0.29) is 18.3 Å². The molecule has 2 rings (SSSR count). The van der Waals surface area contributed by atoms with E-state index in [2.05, 4.69) is 5.32 Å². The van der Waals surface area contributed by atoms with Crippen LogP contribution in [-0.4, -0.2) is 30.4 Å². The molecule has 1 unspecified atom stereocenters. The molecular weight excluding hydrogens is 331 g/mol. The van der Waals surface area contributed by atoms with E-state index >= 15 is 0 Å². The molecule has 1 N–H and O–H groups in total. The maximum Gasteiger partial charge on any atom is 0.222 e. The van der Waals surface area contributed by atoms with Gasteiger partial charge in [0.2, 0.25) is 5.91 Å². The lowest BCUT2D eigenvalue weighted by atomic mass is 10.1. The zero-order valence-corrected chi connectivity index (χ0v) is 14.4. The minimum atomic E-state index is 0. The van der Waals surface area contributed by atoms with Crippen LogP contribution in [-0.2, 0) is 11.3 Å². The fourth-order valence-corrected chi connectivity index (χ4v) is 2.81. The average Bonchev–Trinajstić information content (AvgIpc) is 2.93.